The van der Waals surface area contributed by atoms with Crippen molar-refractivity contribution in [3.63, 3.8) is 0 Å². The van der Waals surface area contributed by atoms with Crippen LogP contribution in [0.4, 0.5) is 0 Å². The number of aryl methyl sites for hydroxylation is 1. The molecule has 0 radical (unpaired) electrons. The summed E-state index contributed by atoms with van der Waals surface area (Å²) in [4.78, 5) is 0. The maximum atomic E-state index is 5.79. The molecule has 0 bridgehead atoms. The minimum atomic E-state index is -2.42. The first-order valence-electron chi connectivity index (χ1n) is 4.28. The van der Waals surface area contributed by atoms with E-state index in [9.17, 15) is 0 Å². The lowest BCUT2D eigenvalue weighted by atomic mass is 10.1. The largest absolute Gasteiger partial charge is 0.341 e. The van der Waals surface area contributed by atoms with Crippen LogP contribution in [0.3, 0.4) is 0 Å². The predicted molar refractivity (Wildman–Crippen MR) is 70.6 cm³/mol. The van der Waals surface area contributed by atoms with Crippen molar-refractivity contribution >= 4 is 55.2 Å². The number of hydrogen-bond acceptors (Lipinski definition) is 0. The summed E-state index contributed by atoms with van der Waals surface area (Å²) in [5.74, 6) is 0. The Labute approximate surface area is 108 Å². The highest BCUT2D eigenvalue weighted by Crippen LogP contribution is 2.27. The second-order valence-corrected chi connectivity index (χ2v) is 13.3. The normalized spacial score (nSPS) is 11.7. The summed E-state index contributed by atoms with van der Waals surface area (Å²) in [6.45, 7) is 0. The molecule has 14 heavy (non-hydrogen) atoms. The molecule has 1 aromatic carbocycles. The lowest BCUT2D eigenvalue weighted by Crippen LogP contribution is -2.08. The molecule has 5 heteroatoms. The van der Waals surface area contributed by atoms with Crippen LogP contribution in [0.5, 0.6) is 0 Å². The fourth-order valence-corrected chi connectivity index (χ4v) is 3.41. The summed E-state index contributed by atoms with van der Waals surface area (Å²) in [6, 6.07) is 6.52. The van der Waals surface area contributed by atoms with Gasteiger partial charge < -0.3 is 0 Å². The molecule has 0 aromatic heterocycles. The fourth-order valence-electron chi connectivity index (χ4n) is 1.19. The summed E-state index contributed by atoms with van der Waals surface area (Å²) in [6.07, 6.45) is 1.92. The topological polar surface area (TPSA) is 0 Å². The second-order valence-electron chi connectivity index (χ2n) is 3.10. The molecule has 0 aliphatic heterocycles. The Morgan fingerprint density at radius 2 is 1.93 bits per heavy atom. The minimum absolute atomic E-state index is 0.726. The molecular formula is C9H10BrCl3Si. The zero-order valence-corrected chi connectivity index (χ0v) is 12.3. The summed E-state index contributed by atoms with van der Waals surface area (Å²) in [5, 5.41) is 0. The Morgan fingerprint density at radius 3 is 2.50 bits per heavy atom. The fraction of sp³-hybridized carbons (Fsp3) is 0.333. The van der Waals surface area contributed by atoms with Crippen molar-refractivity contribution in [2.75, 3.05) is 0 Å². The molecule has 0 saturated carbocycles. The summed E-state index contributed by atoms with van der Waals surface area (Å²) >= 11 is 20.8. The number of hydrogen-bond donors (Lipinski definition) is 0. The van der Waals surface area contributed by atoms with Crippen LogP contribution in [0.25, 0.3) is 0 Å². The van der Waals surface area contributed by atoms with Crippen LogP contribution in [0, 0.1) is 0 Å². The van der Waals surface area contributed by atoms with E-state index in [2.05, 4.69) is 28.1 Å². The molecule has 78 valence electrons. The molecule has 0 unspecified atom stereocenters. The van der Waals surface area contributed by atoms with Gasteiger partial charge in [-0.1, -0.05) is 28.1 Å². The lowest BCUT2D eigenvalue weighted by Gasteiger charge is -2.07. The highest BCUT2D eigenvalue weighted by molar-refractivity contribution is 9.10. The van der Waals surface area contributed by atoms with Crippen LogP contribution in [0.1, 0.15) is 12.0 Å². The van der Waals surface area contributed by atoms with Crippen molar-refractivity contribution in [2.24, 2.45) is 0 Å². The van der Waals surface area contributed by atoms with Gasteiger partial charge in [-0.3, -0.25) is 0 Å². The van der Waals surface area contributed by atoms with Gasteiger partial charge in [0.1, 0.15) is 0 Å². The first-order valence-corrected chi connectivity index (χ1v) is 10.3. The van der Waals surface area contributed by atoms with Crippen LogP contribution in [0.2, 0.25) is 6.04 Å². The van der Waals surface area contributed by atoms with Gasteiger partial charge in [0.2, 0.25) is 0 Å². The molecule has 0 heterocycles. The van der Waals surface area contributed by atoms with Crippen LogP contribution >= 0.6 is 49.2 Å². The van der Waals surface area contributed by atoms with E-state index in [1.54, 1.807) is 0 Å². The Balaban J connectivity index is 2.39. The van der Waals surface area contributed by atoms with E-state index < -0.39 is 6.00 Å². The quantitative estimate of drug-likeness (QED) is 0.535. The molecule has 0 atom stereocenters. The van der Waals surface area contributed by atoms with Crippen molar-refractivity contribution in [3.05, 3.63) is 34.3 Å². The molecule has 0 nitrogen and oxygen atoms in total. The summed E-state index contributed by atoms with van der Waals surface area (Å²) in [7, 11) is 0. The molecule has 0 spiro atoms. The molecular weight excluding hydrogens is 322 g/mol. The van der Waals surface area contributed by atoms with E-state index in [-0.39, 0.29) is 0 Å². The first-order chi connectivity index (χ1) is 6.47. The molecule has 1 aromatic rings. The minimum Gasteiger partial charge on any atom is -0.126 e. The van der Waals surface area contributed by atoms with Crippen molar-refractivity contribution < 1.29 is 0 Å². The van der Waals surface area contributed by atoms with Crippen molar-refractivity contribution in [1.29, 1.82) is 0 Å². The van der Waals surface area contributed by atoms with Crippen LogP contribution in [-0.2, 0) is 6.42 Å². The van der Waals surface area contributed by atoms with Crippen LogP contribution in [0.15, 0.2) is 28.7 Å². The van der Waals surface area contributed by atoms with Gasteiger partial charge in [0.25, 0.3) is 0 Å². The third kappa shape index (κ3) is 5.62. The SMILES string of the molecule is Cl[Si](Cl)(Cl)CCCc1cccc(Br)c1. The first kappa shape index (κ1) is 12.9. The second kappa shape index (κ2) is 5.76. The molecule has 0 fully saturated rings. The van der Waals surface area contributed by atoms with Gasteiger partial charge in [0.05, 0.1) is 0 Å². The molecule has 0 amide bonds. The van der Waals surface area contributed by atoms with E-state index in [1.807, 2.05) is 12.1 Å². The van der Waals surface area contributed by atoms with Gasteiger partial charge in [0.15, 0.2) is 0 Å². The van der Waals surface area contributed by atoms with Crippen LogP contribution in [-0.4, -0.2) is 6.00 Å². The third-order valence-electron chi connectivity index (χ3n) is 1.81. The Hall–Kier alpha value is 0.787. The molecule has 0 N–H and O–H groups in total. The standard InChI is InChI=1S/C9H10BrCl3Si/c10-9-5-1-3-8(7-9)4-2-6-14(11,12)13/h1,3,5,7H,2,4,6H2. The van der Waals surface area contributed by atoms with Gasteiger partial charge >= 0.3 is 6.00 Å². The average Bonchev–Trinajstić information content (AvgIpc) is 2.01. The van der Waals surface area contributed by atoms with E-state index in [1.165, 1.54) is 5.56 Å². The number of halogens is 4. The van der Waals surface area contributed by atoms with Gasteiger partial charge in [0, 0.05) is 4.47 Å². The van der Waals surface area contributed by atoms with Crippen molar-refractivity contribution in [3.8, 4) is 0 Å². The monoisotopic (exact) mass is 330 g/mol. The Kier molecular flexibility index (Phi) is 5.29. The van der Waals surface area contributed by atoms with Gasteiger partial charge in [-0.25, -0.2) is 0 Å². The van der Waals surface area contributed by atoms with E-state index >= 15 is 0 Å². The van der Waals surface area contributed by atoms with Gasteiger partial charge in [-0.05, 0) is 36.6 Å². The lowest BCUT2D eigenvalue weighted by molar-refractivity contribution is 0.914. The number of benzene rings is 1. The molecule has 1 rings (SSSR count). The van der Waals surface area contributed by atoms with Gasteiger partial charge in [-0.15, -0.1) is 33.2 Å². The summed E-state index contributed by atoms with van der Waals surface area (Å²) < 4.78 is 1.10. The Morgan fingerprint density at radius 1 is 1.21 bits per heavy atom. The third-order valence-corrected chi connectivity index (χ3v) is 4.93. The van der Waals surface area contributed by atoms with Crippen molar-refractivity contribution in [1.82, 2.24) is 0 Å². The van der Waals surface area contributed by atoms with Crippen LogP contribution < -0.4 is 0 Å². The summed E-state index contributed by atoms with van der Waals surface area (Å²) in [5.41, 5.74) is 1.28. The smallest absolute Gasteiger partial charge is 0.126 e. The highest BCUT2D eigenvalue weighted by atomic mass is 79.9. The van der Waals surface area contributed by atoms with Crippen molar-refractivity contribution in [2.45, 2.75) is 18.9 Å². The highest BCUT2D eigenvalue weighted by Gasteiger charge is 2.23. The molecule has 0 aliphatic rings. The Bertz CT molecular complexity index is 298. The maximum absolute atomic E-state index is 5.79. The molecule has 0 aliphatic carbocycles. The predicted octanol–water partition coefficient (Wildman–Crippen LogP) is 5.04. The zero-order valence-electron chi connectivity index (χ0n) is 7.44. The van der Waals surface area contributed by atoms with E-state index in [0.717, 1.165) is 23.4 Å². The maximum Gasteiger partial charge on any atom is 0.341 e. The molecule has 0 saturated heterocycles. The van der Waals surface area contributed by atoms with E-state index in [0.29, 0.717) is 0 Å². The van der Waals surface area contributed by atoms with Gasteiger partial charge in [-0.2, -0.15) is 0 Å². The number of rotatable bonds is 4. The average molecular weight is 333 g/mol. The zero-order chi connectivity index (χ0) is 10.6. The van der Waals surface area contributed by atoms with E-state index in [4.69, 9.17) is 33.2 Å².